The minimum Gasteiger partial charge on any atom is -0.480 e. The van der Waals surface area contributed by atoms with E-state index in [-0.39, 0.29) is 12.5 Å². The maximum atomic E-state index is 12.2. The van der Waals surface area contributed by atoms with Crippen LogP contribution in [0.5, 0.6) is 0 Å². The number of rotatable bonds is 4. The van der Waals surface area contributed by atoms with Gasteiger partial charge >= 0.3 is 12.1 Å². The first kappa shape index (κ1) is 14.2. The third-order valence-electron chi connectivity index (χ3n) is 3.43. The number of hydrogen-bond acceptors (Lipinski definition) is 3. The number of alkyl halides is 3. The van der Waals surface area contributed by atoms with Crippen LogP contribution in [0.25, 0.3) is 0 Å². The molecule has 2 atom stereocenters. The van der Waals surface area contributed by atoms with E-state index in [2.05, 4.69) is 5.32 Å². The van der Waals surface area contributed by atoms with Crippen molar-refractivity contribution < 1.29 is 23.1 Å². The van der Waals surface area contributed by atoms with Crippen LogP contribution in [0.2, 0.25) is 0 Å². The van der Waals surface area contributed by atoms with Gasteiger partial charge < -0.3 is 10.4 Å². The quantitative estimate of drug-likeness (QED) is 0.788. The number of carboxylic acids is 1. The normalized spacial score (nSPS) is 29.9. The molecule has 1 fully saturated rings. The lowest BCUT2D eigenvalue weighted by atomic mass is 9.98. The predicted molar refractivity (Wildman–Crippen MR) is 55.8 cm³/mol. The van der Waals surface area contributed by atoms with Gasteiger partial charge in [0.15, 0.2) is 0 Å². The van der Waals surface area contributed by atoms with Gasteiger partial charge in [-0.15, -0.1) is 0 Å². The number of halogens is 3. The van der Waals surface area contributed by atoms with Crippen molar-refractivity contribution in [3.8, 4) is 0 Å². The molecule has 0 saturated heterocycles. The van der Waals surface area contributed by atoms with E-state index in [4.69, 9.17) is 5.11 Å². The number of carbonyl (C=O) groups is 1. The molecule has 4 nitrogen and oxygen atoms in total. The summed E-state index contributed by atoms with van der Waals surface area (Å²) < 4.78 is 36.7. The Balaban J connectivity index is 2.63. The smallest absolute Gasteiger partial charge is 0.401 e. The highest BCUT2D eigenvalue weighted by molar-refractivity contribution is 5.79. The highest BCUT2D eigenvalue weighted by Gasteiger charge is 2.46. The Hall–Kier alpha value is -0.820. The van der Waals surface area contributed by atoms with E-state index in [1.54, 1.807) is 0 Å². The average molecular weight is 254 g/mol. The molecule has 0 aromatic carbocycles. The molecular weight excluding hydrogens is 237 g/mol. The molecular formula is C10H17F3N2O2. The van der Waals surface area contributed by atoms with Crippen LogP contribution in [-0.2, 0) is 4.79 Å². The second-order valence-corrected chi connectivity index (χ2v) is 4.56. The molecule has 0 heterocycles. The number of aliphatic carboxylic acids is 1. The molecule has 0 amide bonds. The minimum atomic E-state index is -4.25. The lowest BCUT2D eigenvalue weighted by Crippen LogP contribution is -2.49. The second kappa shape index (κ2) is 4.81. The summed E-state index contributed by atoms with van der Waals surface area (Å²) >= 11 is 0. The molecule has 0 radical (unpaired) electrons. The first-order valence-electron chi connectivity index (χ1n) is 5.39. The monoisotopic (exact) mass is 254 g/mol. The number of nitrogens with one attached hydrogen (secondary N) is 1. The molecule has 1 aliphatic carbocycles. The Kier molecular flexibility index (Phi) is 4.03. The number of likely N-dealkylation sites (N-methyl/N-ethyl adjacent to an activating group) is 1. The van der Waals surface area contributed by atoms with E-state index in [9.17, 15) is 18.0 Å². The van der Waals surface area contributed by atoms with Crippen LogP contribution >= 0.6 is 0 Å². The molecule has 0 bridgehead atoms. The second-order valence-electron chi connectivity index (χ2n) is 4.56. The maximum Gasteiger partial charge on any atom is 0.401 e. The summed E-state index contributed by atoms with van der Waals surface area (Å²) in [6, 6.07) is -0.347. The van der Waals surface area contributed by atoms with E-state index < -0.39 is 24.2 Å². The molecule has 0 spiro atoms. The van der Waals surface area contributed by atoms with Crippen LogP contribution in [0.15, 0.2) is 0 Å². The van der Waals surface area contributed by atoms with Crippen LogP contribution in [0.3, 0.4) is 0 Å². The van der Waals surface area contributed by atoms with Crippen LogP contribution < -0.4 is 5.32 Å². The zero-order valence-electron chi connectivity index (χ0n) is 9.84. The first-order valence-corrected chi connectivity index (χ1v) is 5.39. The van der Waals surface area contributed by atoms with Gasteiger partial charge in [-0.3, -0.25) is 9.69 Å². The third kappa shape index (κ3) is 3.32. The van der Waals surface area contributed by atoms with Gasteiger partial charge in [-0.05, 0) is 33.4 Å². The van der Waals surface area contributed by atoms with Crippen molar-refractivity contribution in [2.45, 2.75) is 37.0 Å². The van der Waals surface area contributed by atoms with Gasteiger partial charge in [0.1, 0.15) is 5.54 Å². The fourth-order valence-corrected chi connectivity index (χ4v) is 2.34. The van der Waals surface area contributed by atoms with Crippen molar-refractivity contribution in [1.82, 2.24) is 10.2 Å². The summed E-state index contributed by atoms with van der Waals surface area (Å²) in [5.41, 5.74) is -1.08. The van der Waals surface area contributed by atoms with Crippen LogP contribution in [-0.4, -0.2) is 54.4 Å². The van der Waals surface area contributed by atoms with Crippen molar-refractivity contribution in [1.29, 1.82) is 0 Å². The molecule has 17 heavy (non-hydrogen) atoms. The van der Waals surface area contributed by atoms with E-state index in [0.717, 1.165) is 0 Å². The largest absolute Gasteiger partial charge is 0.480 e. The molecule has 100 valence electrons. The minimum absolute atomic E-state index is 0.200. The SMILES string of the molecule is CNC1(C(=O)O)CCC(N(C)CC(F)(F)F)C1. The molecule has 0 aromatic heterocycles. The average Bonchev–Trinajstić information content (AvgIpc) is 2.60. The number of hydrogen-bond donors (Lipinski definition) is 2. The van der Waals surface area contributed by atoms with Crippen LogP contribution in [0.1, 0.15) is 19.3 Å². The van der Waals surface area contributed by atoms with Gasteiger partial charge in [0.05, 0.1) is 6.54 Å². The zero-order valence-corrected chi connectivity index (χ0v) is 9.84. The van der Waals surface area contributed by atoms with Crippen molar-refractivity contribution in [2.75, 3.05) is 20.6 Å². The molecule has 7 heteroatoms. The molecule has 1 rings (SSSR count). The lowest BCUT2D eigenvalue weighted by molar-refractivity contribution is -0.148. The Morgan fingerprint density at radius 3 is 2.53 bits per heavy atom. The molecule has 2 unspecified atom stereocenters. The summed E-state index contributed by atoms with van der Waals surface area (Å²) in [6.07, 6.45) is -3.24. The van der Waals surface area contributed by atoms with Crippen molar-refractivity contribution in [3.63, 3.8) is 0 Å². The van der Waals surface area contributed by atoms with E-state index in [1.165, 1.54) is 19.0 Å². The van der Waals surface area contributed by atoms with E-state index >= 15 is 0 Å². The van der Waals surface area contributed by atoms with Crippen LogP contribution in [0, 0.1) is 0 Å². The highest BCUT2D eigenvalue weighted by atomic mass is 19.4. The molecule has 2 N–H and O–H groups in total. The Labute approximate surface area is 97.8 Å². The highest BCUT2D eigenvalue weighted by Crippen LogP contribution is 2.33. The van der Waals surface area contributed by atoms with Gasteiger partial charge in [-0.2, -0.15) is 13.2 Å². The number of nitrogens with zero attached hydrogens (tertiary/aromatic N) is 1. The van der Waals surface area contributed by atoms with Crippen molar-refractivity contribution in [3.05, 3.63) is 0 Å². The maximum absolute atomic E-state index is 12.2. The predicted octanol–water partition coefficient (Wildman–Crippen LogP) is 1.08. The van der Waals surface area contributed by atoms with E-state index in [1.807, 2.05) is 0 Å². The van der Waals surface area contributed by atoms with E-state index in [0.29, 0.717) is 12.8 Å². The Morgan fingerprint density at radius 1 is 1.59 bits per heavy atom. The van der Waals surface area contributed by atoms with Gasteiger partial charge in [-0.1, -0.05) is 0 Å². The molecule has 0 aromatic rings. The van der Waals surface area contributed by atoms with Crippen LogP contribution in [0.4, 0.5) is 13.2 Å². The van der Waals surface area contributed by atoms with Gasteiger partial charge in [0, 0.05) is 6.04 Å². The Morgan fingerprint density at radius 2 is 2.18 bits per heavy atom. The summed E-state index contributed by atoms with van der Waals surface area (Å²) in [5.74, 6) is -0.997. The van der Waals surface area contributed by atoms with Gasteiger partial charge in [0.2, 0.25) is 0 Å². The van der Waals surface area contributed by atoms with Gasteiger partial charge in [-0.25, -0.2) is 0 Å². The zero-order chi connectivity index (χ0) is 13.3. The summed E-state index contributed by atoms with van der Waals surface area (Å²) in [6.45, 7) is -1.00. The fourth-order valence-electron chi connectivity index (χ4n) is 2.34. The fraction of sp³-hybridized carbons (Fsp3) is 0.900. The van der Waals surface area contributed by atoms with Crippen molar-refractivity contribution in [2.24, 2.45) is 0 Å². The molecule has 1 aliphatic rings. The summed E-state index contributed by atoms with van der Waals surface area (Å²) in [5, 5.41) is 11.8. The lowest BCUT2D eigenvalue weighted by Gasteiger charge is -2.28. The molecule has 1 saturated carbocycles. The first-order chi connectivity index (χ1) is 7.70. The molecule has 0 aliphatic heterocycles. The Bertz CT molecular complexity index is 296. The third-order valence-corrected chi connectivity index (χ3v) is 3.43. The number of carboxylic acid groups (broad SMARTS) is 1. The standard InChI is InChI=1S/C10H17F3N2O2/c1-14-9(8(16)17)4-3-7(5-9)15(2)6-10(11,12)13/h7,14H,3-6H2,1-2H3,(H,16,17). The van der Waals surface area contributed by atoms with Gasteiger partial charge in [0.25, 0.3) is 0 Å². The summed E-state index contributed by atoms with van der Waals surface area (Å²) in [7, 11) is 2.91. The summed E-state index contributed by atoms with van der Waals surface area (Å²) in [4.78, 5) is 12.3. The van der Waals surface area contributed by atoms with Crippen molar-refractivity contribution >= 4 is 5.97 Å². The topological polar surface area (TPSA) is 52.6 Å².